The Kier molecular flexibility index (Phi) is 5.12. The smallest absolute Gasteiger partial charge is 0.195 e. The van der Waals surface area contributed by atoms with Crippen molar-refractivity contribution in [2.45, 2.75) is 59.3 Å². The first kappa shape index (κ1) is 21.8. The molecule has 1 aliphatic carbocycles. The van der Waals surface area contributed by atoms with Crippen LogP contribution >= 0.6 is 0 Å². The Morgan fingerprint density at radius 1 is 1.18 bits per heavy atom. The number of nitriles is 1. The number of piperidine rings is 1. The molecule has 5 rings (SSSR count). The predicted molar refractivity (Wildman–Crippen MR) is 134 cm³/mol. The molecule has 33 heavy (non-hydrogen) atoms. The van der Waals surface area contributed by atoms with E-state index in [9.17, 15) is 10.1 Å². The van der Waals surface area contributed by atoms with Gasteiger partial charge in [0.1, 0.15) is 0 Å². The van der Waals surface area contributed by atoms with Gasteiger partial charge in [-0.3, -0.25) is 4.79 Å². The second-order valence-electron chi connectivity index (χ2n) is 10.6. The maximum Gasteiger partial charge on any atom is 0.195 e. The van der Waals surface area contributed by atoms with Gasteiger partial charge < -0.3 is 9.88 Å². The van der Waals surface area contributed by atoms with Gasteiger partial charge >= 0.3 is 0 Å². The highest BCUT2D eigenvalue weighted by molar-refractivity contribution is 6.20. The van der Waals surface area contributed by atoms with Crippen molar-refractivity contribution in [3.05, 3.63) is 63.8 Å². The number of hydrogen-bond acceptors (Lipinski definition) is 3. The second-order valence-corrected chi connectivity index (χ2v) is 10.6. The van der Waals surface area contributed by atoms with Crippen LogP contribution in [-0.2, 0) is 11.8 Å². The van der Waals surface area contributed by atoms with Crippen molar-refractivity contribution in [2.75, 3.05) is 18.0 Å². The van der Waals surface area contributed by atoms with Gasteiger partial charge in [0.15, 0.2) is 5.78 Å². The summed E-state index contributed by atoms with van der Waals surface area (Å²) in [5.41, 5.74) is 7.34. The lowest BCUT2D eigenvalue weighted by Gasteiger charge is -2.38. The average Bonchev–Trinajstić information content (AvgIpc) is 3.22. The van der Waals surface area contributed by atoms with E-state index in [0.29, 0.717) is 5.56 Å². The van der Waals surface area contributed by atoms with Crippen LogP contribution in [0.25, 0.3) is 10.9 Å². The van der Waals surface area contributed by atoms with Gasteiger partial charge in [-0.25, -0.2) is 0 Å². The molecule has 1 fully saturated rings. The van der Waals surface area contributed by atoms with Gasteiger partial charge in [0.05, 0.1) is 17.2 Å². The van der Waals surface area contributed by atoms with E-state index in [0.717, 1.165) is 64.6 Å². The summed E-state index contributed by atoms with van der Waals surface area (Å²) in [6.45, 7) is 13.4. The number of H-pyrrole nitrogens is 1. The first-order valence-corrected chi connectivity index (χ1v) is 12.3. The van der Waals surface area contributed by atoms with Gasteiger partial charge in [-0.05, 0) is 66.5 Å². The van der Waals surface area contributed by atoms with Crippen LogP contribution in [0.5, 0.6) is 0 Å². The van der Waals surface area contributed by atoms with Crippen LogP contribution in [0.3, 0.4) is 0 Å². The van der Waals surface area contributed by atoms with Crippen LogP contribution in [0.4, 0.5) is 5.69 Å². The van der Waals surface area contributed by atoms with Crippen LogP contribution in [0.1, 0.15) is 85.8 Å². The largest absolute Gasteiger partial charge is 0.371 e. The number of aryl methyl sites for hydroxylation is 1. The van der Waals surface area contributed by atoms with Crippen LogP contribution < -0.4 is 4.90 Å². The van der Waals surface area contributed by atoms with E-state index in [2.05, 4.69) is 62.7 Å². The molecule has 0 bridgehead atoms. The molecule has 2 aromatic carbocycles. The zero-order valence-electron chi connectivity index (χ0n) is 20.4. The molecule has 170 valence electrons. The Hall–Kier alpha value is -3.06. The fourth-order valence-corrected chi connectivity index (χ4v) is 5.96. The Morgan fingerprint density at radius 2 is 1.91 bits per heavy atom. The summed E-state index contributed by atoms with van der Waals surface area (Å²) in [7, 11) is 0. The van der Waals surface area contributed by atoms with Crippen LogP contribution in [-0.4, -0.2) is 23.9 Å². The lowest BCUT2D eigenvalue weighted by molar-refractivity contribution is 0.103. The molecular formula is C29H33N3O. The number of aromatic nitrogens is 1. The average molecular weight is 440 g/mol. The first-order chi connectivity index (χ1) is 15.8. The van der Waals surface area contributed by atoms with E-state index in [-0.39, 0.29) is 11.2 Å². The van der Waals surface area contributed by atoms with E-state index in [4.69, 9.17) is 0 Å². The Balaban J connectivity index is 1.63. The molecule has 1 N–H and O–H groups in total. The number of aromatic amines is 1. The fourth-order valence-electron chi connectivity index (χ4n) is 5.96. The zero-order valence-corrected chi connectivity index (χ0v) is 20.4. The number of hydrogen-bond donors (Lipinski definition) is 1. The van der Waals surface area contributed by atoms with Crippen molar-refractivity contribution in [2.24, 2.45) is 11.8 Å². The lowest BCUT2D eigenvalue weighted by atomic mass is 9.70. The third-order valence-electron chi connectivity index (χ3n) is 8.12. The number of ketones is 1. The monoisotopic (exact) mass is 439 g/mol. The molecule has 0 atom stereocenters. The fraction of sp³-hybridized carbons (Fsp3) is 0.448. The molecule has 1 aromatic heterocycles. The summed E-state index contributed by atoms with van der Waals surface area (Å²) in [5.74, 6) is 1.63. The number of fused-ring (bicyclic) bond motifs is 4. The van der Waals surface area contributed by atoms with Crippen molar-refractivity contribution in [1.82, 2.24) is 4.98 Å². The minimum Gasteiger partial charge on any atom is -0.371 e. The molecular weight excluding hydrogens is 406 g/mol. The number of benzene rings is 2. The quantitative estimate of drug-likeness (QED) is 0.518. The minimum absolute atomic E-state index is 0.0926. The van der Waals surface area contributed by atoms with E-state index in [1.165, 1.54) is 24.1 Å². The molecule has 0 radical (unpaired) electrons. The molecule has 0 unspecified atom stereocenters. The van der Waals surface area contributed by atoms with Crippen LogP contribution in [0, 0.1) is 23.2 Å². The molecule has 0 amide bonds. The molecule has 4 nitrogen and oxygen atoms in total. The van der Waals surface area contributed by atoms with E-state index < -0.39 is 0 Å². The zero-order chi connectivity index (χ0) is 23.5. The number of nitrogens with one attached hydrogen (secondary N) is 1. The number of rotatable bonds is 3. The summed E-state index contributed by atoms with van der Waals surface area (Å²) in [6, 6.07) is 12.2. The highest BCUT2D eigenvalue weighted by atomic mass is 16.1. The van der Waals surface area contributed by atoms with Crippen molar-refractivity contribution < 1.29 is 4.79 Å². The maximum atomic E-state index is 13.8. The summed E-state index contributed by atoms with van der Waals surface area (Å²) < 4.78 is 0. The SMILES string of the molecule is CCc1cc2c(cc1N1CCC(C(C)C)CC1)C(C)(C)c1[nH]c3cc(C#N)ccc3c1C2=O. The second kappa shape index (κ2) is 7.76. The van der Waals surface area contributed by atoms with Crippen LogP contribution in [0.15, 0.2) is 30.3 Å². The van der Waals surface area contributed by atoms with Crippen LogP contribution in [0.2, 0.25) is 0 Å². The molecule has 1 aliphatic heterocycles. The molecule has 1 saturated heterocycles. The third-order valence-corrected chi connectivity index (χ3v) is 8.12. The molecule has 0 saturated carbocycles. The highest BCUT2D eigenvalue weighted by Crippen LogP contribution is 2.46. The molecule has 3 aromatic rings. The summed E-state index contributed by atoms with van der Waals surface area (Å²) in [4.78, 5) is 19.9. The normalized spacial score (nSPS) is 17.8. The van der Waals surface area contributed by atoms with Crippen molar-refractivity contribution in [3.63, 3.8) is 0 Å². The molecule has 2 heterocycles. The summed E-state index contributed by atoms with van der Waals surface area (Å²) >= 11 is 0. The molecule has 2 aliphatic rings. The Morgan fingerprint density at radius 3 is 2.55 bits per heavy atom. The predicted octanol–water partition coefficient (Wildman–Crippen LogP) is 6.34. The summed E-state index contributed by atoms with van der Waals surface area (Å²) in [6.07, 6.45) is 3.37. The number of carbonyl (C=O) groups excluding carboxylic acids is 1. The lowest BCUT2D eigenvalue weighted by Crippen LogP contribution is -2.37. The van der Waals surface area contributed by atoms with Gasteiger partial charge in [0.2, 0.25) is 0 Å². The Labute approximate surface area is 196 Å². The topological polar surface area (TPSA) is 59.9 Å². The standard InChI is InChI=1S/C29H33N3O/c1-6-19-14-22-23(15-25(19)32-11-9-20(10-12-32)17(2)3)29(4,5)28-26(27(22)33)21-8-7-18(16-30)13-24(21)31-28/h7-8,13-15,17,20,31H,6,9-12H2,1-5H3. The van der Waals surface area contributed by atoms with Crippen molar-refractivity contribution in [3.8, 4) is 6.07 Å². The van der Waals surface area contributed by atoms with Crippen molar-refractivity contribution in [1.29, 1.82) is 5.26 Å². The first-order valence-electron chi connectivity index (χ1n) is 12.3. The number of carbonyl (C=O) groups is 1. The Bertz CT molecular complexity index is 1300. The van der Waals surface area contributed by atoms with Gasteiger partial charge in [-0.15, -0.1) is 0 Å². The maximum absolute atomic E-state index is 13.8. The van der Waals surface area contributed by atoms with E-state index in [1.807, 2.05) is 12.1 Å². The molecule has 4 heteroatoms. The summed E-state index contributed by atoms with van der Waals surface area (Å²) in [5, 5.41) is 10.2. The minimum atomic E-state index is -0.332. The highest BCUT2D eigenvalue weighted by Gasteiger charge is 2.40. The molecule has 0 spiro atoms. The van der Waals surface area contributed by atoms with Gasteiger partial charge in [-0.1, -0.05) is 40.7 Å². The van der Waals surface area contributed by atoms with Crippen molar-refractivity contribution >= 4 is 22.4 Å². The van der Waals surface area contributed by atoms with Gasteiger partial charge in [-0.2, -0.15) is 5.26 Å². The number of anilines is 1. The van der Waals surface area contributed by atoms with Gasteiger partial charge in [0.25, 0.3) is 0 Å². The number of nitrogens with zero attached hydrogens (tertiary/aromatic N) is 2. The van der Waals surface area contributed by atoms with Gasteiger partial charge in [0, 0.05) is 46.4 Å². The van der Waals surface area contributed by atoms with E-state index >= 15 is 0 Å². The van der Waals surface area contributed by atoms with E-state index in [1.54, 1.807) is 6.07 Å². The third kappa shape index (κ3) is 3.29.